The summed E-state index contributed by atoms with van der Waals surface area (Å²) in [5.74, 6) is -0.322. The van der Waals surface area contributed by atoms with Crippen LogP contribution in [0.1, 0.15) is 16.1 Å². The van der Waals surface area contributed by atoms with E-state index in [9.17, 15) is 4.79 Å². The molecule has 0 aliphatic heterocycles. The van der Waals surface area contributed by atoms with E-state index >= 15 is 0 Å². The SMILES string of the molecule is O=C(OCCN(n1cccc1)n1cccc1)c1cc2ccccc2n1Cc1ccccc1. The average molecular weight is 425 g/mol. The summed E-state index contributed by atoms with van der Waals surface area (Å²) in [6.45, 7) is 1.37. The molecule has 0 saturated heterocycles. The lowest BCUT2D eigenvalue weighted by molar-refractivity contribution is 0.0496. The highest BCUT2D eigenvalue weighted by Crippen LogP contribution is 2.22. The maximum atomic E-state index is 13.1. The molecule has 6 heteroatoms. The molecule has 0 N–H and O–H groups in total. The number of ether oxygens (including phenoxy) is 1. The smallest absolute Gasteiger partial charge is 0.355 e. The van der Waals surface area contributed by atoms with Gasteiger partial charge in [-0.3, -0.25) is 9.35 Å². The van der Waals surface area contributed by atoms with Gasteiger partial charge in [-0.15, -0.1) is 0 Å². The van der Waals surface area contributed by atoms with Crippen molar-refractivity contribution >= 4 is 16.9 Å². The van der Waals surface area contributed by atoms with Crippen LogP contribution in [0.4, 0.5) is 0 Å². The van der Waals surface area contributed by atoms with Crippen molar-refractivity contribution in [2.24, 2.45) is 0 Å². The molecule has 0 atom stereocenters. The van der Waals surface area contributed by atoms with Gasteiger partial charge in [-0.1, -0.05) is 48.5 Å². The number of carbonyl (C=O) groups is 1. The zero-order chi connectivity index (χ0) is 21.8. The van der Waals surface area contributed by atoms with Crippen LogP contribution < -0.4 is 5.12 Å². The third-order valence-electron chi connectivity index (χ3n) is 5.44. The van der Waals surface area contributed by atoms with E-state index < -0.39 is 0 Å². The van der Waals surface area contributed by atoms with Crippen LogP contribution in [0, 0.1) is 0 Å². The number of rotatable bonds is 8. The number of carbonyl (C=O) groups excluding carboxylic acids is 1. The minimum absolute atomic E-state index is 0.252. The van der Waals surface area contributed by atoms with Gasteiger partial charge in [0.05, 0.1) is 6.54 Å². The van der Waals surface area contributed by atoms with E-state index in [0.717, 1.165) is 16.5 Å². The Morgan fingerprint density at radius 1 is 0.781 bits per heavy atom. The highest BCUT2D eigenvalue weighted by Gasteiger charge is 2.18. The Morgan fingerprint density at radius 2 is 1.41 bits per heavy atom. The topological polar surface area (TPSA) is 44.3 Å². The molecule has 2 aromatic carbocycles. The van der Waals surface area contributed by atoms with Crippen molar-refractivity contribution in [2.75, 3.05) is 18.3 Å². The maximum Gasteiger partial charge on any atom is 0.355 e. The molecule has 3 aromatic heterocycles. The van der Waals surface area contributed by atoms with Gasteiger partial charge in [0.2, 0.25) is 0 Å². The van der Waals surface area contributed by atoms with Gasteiger partial charge < -0.3 is 9.30 Å². The second kappa shape index (κ2) is 8.89. The first kappa shape index (κ1) is 19.8. The second-order valence-corrected chi connectivity index (χ2v) is 7.52. The Bertz CT molecular complexity index is 1250. The van der Waals surface area contributed by atoms with Gasteiger partial charge in [0.1, 0.15) is 12.3 Å². The molecular weight excluding hydrogens is 400 g/mol. The minimum Gasteiger partial charge on any atom is -0.459 e. The predicted molar refractivity (Wildman–Crippen MR) is 125 cm³/mol. The van der Waals surface area contributed by atoms with Gasteiger partial charge in [0, 0.05) is 42.2 Å². The van der Waals surface area contributed by atoms with Crippen LogP contribution in [0.5, 0.6) is 0 Å². The van der Waals surface area contributed by atoms with Crippen molar-refractivity contribution in [3.63, 3.8) is 0 Å². The Balaban J connectivity index is 1.35. The summed E-state index contributed by atoms with van der Waals surface area (Å²) in [5, 5.41) is 3.02. The number of hydrogen-bond acceptors (Lipinski definition) is 3. The van der Waals surface area contributed by atoms with E-state index in [1.54, 1.807) is 0 Å². The molecule has 0 fully saturated rings. The number of fused-ring (bicyclic) bond motifs is 1. The Labute approximate surface area is 186 Å². The molecule has 5 rings (SSSR count). The summed E-state index contributed by atoms with van der Waals surface area (Å²) in [6, 6.07) is 27.9. The highest BCUT2D eigenvalue weighted by atomic mass is 16.5. The van der Waals surface area contributed by atoms with Crippen LogP contribution in [0.25, 0.3) is 10.9 Å². The summed E-state index contributed by atoms with van der Waals surface area (Å²) in [5.41, 5.74) is 2.71. The van der Waals surface area contributed by atoms with Crippen molar-refractivity contribution in [1.82, 2.24) is 13.9 Å². The Hall–Kier alpha value is -4.19. The molecule has 0 saturated carbocycles. The average Bonchev–Trinajstić information content (AvgIpc) is 3.59. The van der Waals surface area contributed by atoms with Gasteiger partial charge in [-0.05, 0) is 42.0 Å². The molecule has 0 spiro atoms. The van der Waals surface area contributed by atoms with E-state index in [2.05, 4.69) is 12.1 Å². The van der Waals surface area contributed by atoms with Crippen LogP contribution >= 0.6 is 0 Å². The van der Waals surface area contributed by atoms with Gasteiger partial charge in [0.25, 0.3) is 0 Å². The fourth-order valence-corrected chi connectivity index (χ4v) is 3.92. The van der Waals surface area contributed by atoms with Crippen LogP contribution in [0.15, 0.2) is 110 Å². The first-order valence-corrected chi connectivity index (χ1v) is 10.6. The standard InChI is InChI=1S/C26H24N4O2/c31-26(32-19-18-30(27-14-6-7-15-27)28-16-8-9-17-28)25-20-23-12-4-5-13-24(23)29(25)21-22-10-2-1-3-11-22/h1-17,20H,18-19,21H2. The fourth-order valence-electron chi connectivity index (χ4n) is 3.92. The van der Waals surface area contributed by atoms with Gasteiger partial charge >= 0.3 is 5.97 Å². The lowest BCUT2D eigenvalue weighted by atomic mass is 10.2. The van der Waals surface area contributed by atoms with E-state index in [1.165, 1.54) is 0 Å². The number of hydrogen-bond donors (Lipinski definition) is 0. The number of nitrogens with zero attached hydrogens (tertiary/aromatic N) is 4. The largest absolute Gasteiger partial charge is 0.459 e. The van der Waals surface area contributed by atoms with Crippen molar-refractivity contribution < 1.29 is 9.53 Å². The van der Waals surface area contributed by atoms with Gasteiger partial charge in [0.15, 0.2) is 0 Å². The zero-order valence-electron chi connectivity index (χ0n) is 17.6. The number of esters is 1. The normalized spacial score (nSPS) is 11.0. The van der Waals surface area contributed by atoms with E-state index in [4.69, 9.17) is 4.74 Å². The summed E-state index contributed by atoms with van der Waals surface area (Å²) < 4.78 is 11.7. The third-order valence-corrected chi connectivity index (χ3v) is 5.44. The monoisotopic (exact) mass is 424 g/mol. The molecule has 5 aromatic rings. The molecule has 0 radical (unpaired) electrons. The quantitative estimate of drug-likeness (QED) is 0.343. The Kier molecular flexibility index (Phi) is 5.49. The molecule has 160 valence electrons. The number of para-hydroxylation sites is 1. The van der Waals surface area contributed by atoms with Crippen molar-refractivity contribution in [3.05, 3.63) is 121 Å². The summed E-state index contributed by atoms with van der Waals surface area (Å²) in [6.07, 6.45) is 7.83. The van der Waals surface area contributed by atoms with Crippen molar-refractivity contribution in [2.45, 2.75) is 6.54 Å². The molecule has 6 nitrogen and oxygen atoms in total. The van der Waals surface area contributed by atoms with Crippen LogP contribution in [0.3, 0.4) is 0 Å². The van der Waals surface area contributed by atoms with Gasteiger partial charge in [-0.25, -0.2) is 9.91 Å². The first-order chi connectivity index (χ1) is 15.8. The zero-order valence-corrected chi connectivity index (χ0v) is 17.6. The third kappa shape index (κ3) is 4.03. The van der Waals surface area contributed by atoms with Crippen molar-refractivity contribution in [1.29, 1.82) is 0 Å². The van der Waals surface area contributed by atoms with E-state index in [-0.39, 0.29) is 12.6 Å². The minimum atomic E-state index is -0.322. The molecule has 0 amide bonds. The van der Waals surface area contributed by atoms with Gasteiger partial charge in [-0.2, -0.15) is 0 Å². The van der Waals surface area contributed by atoms with Crippen LogP contribution in [0.2, 0.25) is 0 Å². The lowest BCUT2D eigenvalue weighted by Gasteiger charge is -2.26. The predicted octanol–water partition coefficient (Wildman–Crippen LogP) is 4.55. The maximum absolute atomic E-state index is 13.1. The summed E-state index contributed by atoms with van der Waals surface area (Å²) in [4.78, 5) is 13.1. The fraction of sp³-hybridized carbons (Fsp3) is 0.115. The van der Waals surface area contributed by atoms with E-state index in [1.807, 2.05) is 117 Å². The Morgan fingerprint density at radius 3 is 2.09 bits per heavy atom. The molecule has 0 aliphatic rings. The lowest BCUT2D eigenvalue weighted by Crippen LogP contribution is -2.40. The first-order valence-electron chi connectivity index (χ1n) is 10.6. The van der Waals surface area contributed by atoms with E-state index in [0.29, 0.717) is 18.8 Å². The number of benzene rings is 2. The molecule has 32 heavy (non-hydrogen) atoms. The van der Waals surface area contributed by atoms with Crippen LogP contribution in [-0.2, 0) is 11.3 Å². The summed E-state index contributed by atoms with van der Waals surface area (Å²) in [7, 11) is 0. The number of aromatic nitrogens is 3. The molecule has 3 heterocycles. The molecule has 0 bridgehead atoms. The second-order valence-electron chi connectivity index (χ2n) is 7.52. The van der Waals surface area contributed by atoms with Crippen molar-refractivity contribution in [3.8, 4) is 0 Å². The van der Waals surface area contributed by atoms with Crippen LogP contribution in [-0.4, -0.2) is 33.0 Å². The molecular formula is C26H24N4O2. The highest BCUT2D eigenvalue weighted by molar-refractivity contribution is 5.95. The summed E-state index contributed by atoms with van der Waals surface area (Å²) >= 11 is 0. The molecule has 0 unspecified atom stereocenters. The molecule has 0 aliphatic carbocycles.